The van der Waals surface area contributed by atoms with Gasteiger partial charge in [0.1, 0.15) is 11.9 Å². The summed E-state index contributed by atoms with van der Waals surface area (Å²) in [4.78, 5) is 0. The highest BCUT2D eigenvalue weighted by atomic mass is 35.5. The van der Waals surface area contributed by atoms with Crippen LogP contribution >= 0.6 is 35.6 Å². The third-order valence-corrected chi connectivity index (χ3v) is 2.36. The van der Waals surface area contributed by atoms with Crippen LogP contribution in [0.15, 0.2) is 12.1 Å². The van der Waals surface area contributed by atoms with Crippen LogP contribution in [0.25, 0.3) is 0 Å². The van der Waals surface area contributed by atoms with Gasteiger partial charge in [-0.1, -0.05) is 23.2 Å². The van der Waals surface area contributed by atoms with Crippen molar-refractivity contribution < 1.29 is 17.6 Å². The van der Waals surface area contributed by atoms with E-state index in [1.807, 2.05) is 0 Å². The first kappa shape index (κ1) is 15.8. The van der Waals surface area contributed by atoms with Crippen LogP contribution in [0.3, 0.4) is 0 Å². The van der Waals surface area contributed by atoms with Crippen molar-refractivity contribution in [3.05, 3.63) is 33.6 Å². The van der Waals surface area contributed by atoms with Crippen molar-refractivity contribution in [3.63, 3.8) is 0 Å². The maximum Gasteiger partial charge on any atom is 0.407 e. The molecule has 0 bridgehead atoms. The normalized spacial score (nSPS) is 13.2. The minimum Gasteiger partial charge on any atom is -0.316 e. The van der Waals surface area contributed by atoms with E-state index in [0.717, 1.165) is 12.1 Å². The zero-order valence-electron chi connectivity index (χ0n) is 7.49. The van der Waals surface area contributed by atoms with E-state index in [2.05, 4.69) is 0 Å². The molecular formula is C8H6Cl3F4N. The first-order valence-electron chi connectivity index (χ1n) is 3.71. The summed E-state index contributed by atoms with van der Waals surface area (Å²) in [5.74, 6) is -1.24. The van der Waals surface area contributed by atoms with E-state index in [1.165, 1.54) is 0 Å². The Bertz CT molecular complexity index is 380. The largest absolute Gasteiger partial charge is 0.407 e. The van der Waals surface area contributed by atoms with Crippen molar-refractivity contribution in [2.24, 2.45) is 5.73 Å². The molecule has 2 N–H and O–H groups in total. The summed E-state index contributed by atoms with van der Waals surface area (Å²) in [5, 5.41) is -0.851. The number of halogens is 7. The van der Waals surface area contributed by atoms with Crippen LogP contribution in [0, 0.1) is 5.82 Å². The molecule has 92 valence electrons. The molecule has 16 heavy (non-hydrogen) atoms. The van der Waals surface area contributed by atoms with Gasteiger partial charge in [-0.25, -0.2) is 4.39 Å². The molecule has 0 fully saturated rings. The van der Waals surface area contributed by atoms with Gasteiger partial charge in [0, 0.05) is 10.6 Å². The lowest BCUT2D eigenvalue weighted by molar-refractivity contribution is -0.149. The topological polar surface area (TPSA) is 26.0 Å². The molecule has 0 aromatic heterocycles. The molecule has 1 aromatic carbocycles. The summed E-state index contributed by atoms with van der Waals surface area (Å²) >= 11 is 10.7. The van der Waals surface area contributed by atoms with Gasteiger partial charge in [-0.15, -0.1) is 12.4 Å². The van der Waals surface area contributed by atoms with Crippen molar-refractivity contribution in [2.75, 3.05) is 0 Å². The lowest BCUT2D eigenvalue weighted by Gasteiger charge is -2.18. The Balaban J connectivity index is 0.00000225. The van der Waals surface area contributed by atoms with E-state index < -0.39 is 33.6 Å². The summed E-state index contributed by atoms with van der Waals surface area (Å²) in [6.07, 6.45) is -4.77. The molecule has 0 unspecified atom stereocenters. The van der Waals surface area contributed by atoms with Gasteiger partial charge in [-0.3, -0.25) is 0 Å². The second-order valence-corrected chi connectivity index (χ2v) is 3.59. The first-order chi connectivity index (χ1) is 6.75. The van der Waals surface area contributed by atoms with Crippen molar-refractivity contribution in [2.45, 2.75) is 12.2 Å². The van der Waals surface area contributed by atoms with E-state index >= 15 is 0 Å². The molecule has 1 rings (SSSR count). The Morgan fingerprint density at radius 1 is 1.12 bits per heavy atom. The number of rotatable bonds is 1. The maximum absolute atomic E-state index is 13.2. The molecule has 0 saturated carbocycles. The van der Waals surface area contributed by atoms with Crippen LogP contribution in [-0.2, 0) is 0 Å². The maximum atomic E-state index is 13.2. The molecule has 1 nitrogen and oxygen atoms in total. The molecule has 0 amide bonds. The minimum absolute atomic E-state index is 0. The molecule has 0 radical (unpaired) electrons. The van der Waals surface area contributed by atoms with Crippen molar-refractivity contribution >= 4 is 35.6 Å². The SMILES string of the molecule is Cl.N[C@H](c1c(Cl)ccc(Cl)c1F)C(F)(F)F. The highest BCUT2D eigenvalue weighted by Crippen LogP contribution is 2.37. The van der Waals surface area contributed by atoms with E-state index in [9.17, 15) is 17.6 Å². The van der Waals surface area contributed by atoms with Gasteiger partial charge in [0.2, 0.25) is 0 Å². The van der Waals surface area contributed by atoms with Crippen LogP contribution in [0.1, 0.15) is 11.6 Å². The second-order valence-electron chi connectivity index (χ2n) is 2.78. The highest BCUT2D eigenvalue weighted by Gasteiger charge is 2.40. The third-order valence-electron chi connectivity index (χ3n) is 1.74. The lowest BCUT2D eigenvalue weighted by atomic mass is 10.1. The Hall–Kier alpha value is -0.230. The fourth-order valence-electron chi connectivity index (χ4n) is 0.992. The van der Waals surface area contributed by atoms with Gasteiger partial charge in [-0.05, 0) is 12.1 Å². The number of nitrogens with two attached hydrogens (primary N) is 1. The molecule has 0 aliphatic carbocycles. The summed E-state index contributed by atoms with van der Waals surface area (Å²) in [6, 6.07) is -0.358. The average molecular weight is 298 g/mol. The van der Waals surface area contributed by atoms with Crippen molar-refractivity contribution in [1.29, 1.82) is 0 Å². The first-order valence-corrected chi connectivity index (χ1v) is 4.46. The third kappa shape index (κ3) is 3.13. The summed E-state index contributed by atoms with van der Waals surface area (Å²) in [6.45, 7) is 0. The monoisotopic (exact) mass is 297 g/mol. The molecule has 0 aliphatic heterocycles. The fourth-order valence-corrected chi connectivity index (χ4v) is 1.42. The van der Waals surface area contributed by atoms with E-state index in [0.29, 0.717) is 0 Å². The second kappa shape index (κ2) is 5.40. The molecule has 0 aliphatic rings. The number of alkyl halides is 3. The predicted octanol–water partition coefficient (Wildman–Crippen LogP) is 4.12. The van der Waals surface area contributed by atoms with Crippen molar-refractivity contribution in [1.82, 2.24) is 0 Å². The lowest BCUT2D eigenvalue weighted by Crippen LogP contribution is -2.29. The molecule has 1 atom stereocenters. The standard InChI is InChI=1S/C8H5Cl2F4N.ClH/c9-3-1-2-4(10)6(11)5(3)7(15)8(12,13)14;/h1-2,7H,15H2;1H/t7-;/m1./s1. The molecular weight excluding hydrogens is 292 g/mol. The summed E-state index contributed by atoms with van der Waals surface area (Å²) < 4.78 is 49.9. The van der Waals surface area contributed by atoms with Crippen LogP contribution in [0.5, 0.6) is 0 Å². The molecule has 0 heterocycles. The number of benzene rings is 1. The van der Waals surface area contributed by atoms with Crippen LogP contribution in [-0.4, -0.2) is 6.18 Å². The van der Waals surface area contributed by atoms with Gasteiger partial charge >= 0.3 is 6.18 Å². The van der Waals surface area contributed by atoms with E-state index in [1.54, 1.807) is 0 Å². The van der Waals surface area contributed by atoms with E-state index in [-0.39, 0.29) is 12.4 Å². The Kier molecular flexibility index (Phi) is 5.32. The van der Waals surface area contributed by atoms with Crippen LogP contribution in [0.2, 0.25) is 10.0 Å². The molecule has 8 heteroatoms. The van der Waals surface area contributed by atoms with Crippen LogP contribution < -0.4 is 5.73 Å². The van der Waals surface area contributed by atoms with Crippen LogP contribution in [0.4, 0.5) is 17.6 Å². The molecule has 0 saturated heterocycles. The number of hydrogen-bond donors (Lipinski definition) is 1. The highest BCUT2D eigenvalue weighted by molar-refractivity contribution is 6.33. The zero-order valence-corrected chi connectivity index (χ0v) is 9.81. The van der Waals surface area contributed by atoms with Gasteiger partial charge in [0.05, 0.1) is 5.02 Å². The summed E-state index contributed by atoms with van der Waals surface area (Å²) in [7, 11) is 0. The predicted molar refractivity (Wildman–Crippen MR) is 56.7 cm³/mol. The minimum atomic E-state index is -4.77. The van der Waals surface area contributed by atoms with E-state index in [4.69, 9.17) is 28.9 Å². The number of hydrogen-bond acceptors (Lipinski definition) is 1. The Morgan fingerprint density at radius 3 is 2.00 bits per heavy atom. The van der Waals surface area contributed by atoms with Gasteiger partial charge in [0.25, 0.3) is 0 Å². The Labute approximate surface area is 105 Å². The Morgan fingerprint density at radius 2 is 1.56 bits per heavy atom. The average Bonchev–Trinajstić information content (AvgIpc) is 2.10. The van der Waals surface area contributed by atoms with Crippen molar-refractivity contribution in [3.8, 4) is 0 Å². The fraction of sp³-hybridized carbons (Fsp3) is 0.250. The quantitative estimate of drug-likeness (QED) is 0.612. The molecule has 1 aromatic rings. The van der Waals surface area contributed by atoms with Gasteiger partial charge < -0.3 is 5.73 Å². The molecule has 0 spiro atoms. The van der Waals surface area contributed by atoms with Gasteiger partial charge in [0.15, 0.2) is 0 Å². The summed E-state index contributed by atoms with van der Waals surface area (Å²) in [5.41, 5.74) is 4.00. The van der Waals surface area contributed by atoms with Gasteiger partial charge in [-0.2, -0.15) is 13.2 Å². The smallest absolute Gasteiger partial charge is 0.316 e. The zero-order chi connectivity index (χ0) is 11.8.